The number of benzene rings is 1. The molecule has 3 heterocycles. The number of fused-ring (bicyclic) bond motifs is 1. The van der Waals surface area contributed by atoms with Crippen LogP contribution in [0, 0.1) is 0 Å². The molecular formula is C17H11NOS2. The van der Waals surface area contributed by atoms with Crippen molar-refractivity contribution in [2.75, 3.05) is 0 Å². The third kappa shape index (κ3) is 2.04. The summed E-state index contributed by atoms with van der Waals surface area (Å²) in [5.41, 5.74) is 4.44. The van der Waals surface area contributed by atoms with Gasteiger partial charge in [0.15, 0.2) is 5.43 Å². The molecule has 0 saturated carbocycles. The summed E-state index contributed by atoms with van der Waals surface area (Å²) < 4.78 is 0.789. The van der Waals surface area contributed by atoms with Crippen LogP contribution in [0.3, 0.4) is 0 Å². The lowest BCUT2D eigenvalue weighted by atomic mass is 10.0. The molecule has 1 N–H and O–H groups in total. The number of aromatic nitrogens is 1. The minimum Gasteiger partial charge on any atom is -0.360 e. The molecule has 0 aliphatic heterocycles. The van der Waals surface area contributed by atoms with E-state index in [1.165, 1.54) is 0 Å². The van der Waals surface area contributed by atoms with Crippen molar-refractivity contribution in [3.05, 3.63) is 69.6 Å². The summed E-state index contributed by atoms with van der Waals surface area (Å²) in [5.74, 6) is 0. The quantitative estimate of drug-likeness (QED) is 0.556. The molecule has 0 unspecified atom stereocenters. The SMILES string of the molecule is O=c1cc[nH]c2c(-c3ccsc3)c(-c3ccccc3)sc12. The van der Waals surface area contributed by atoms with Crippen molar-refractivity contribution in [2.24, 2.45) is 0 Å². The number of pyridine rings is 1. The third-order valence-corrected chi connectivity index (χ3v) is 5.38. The van der Waals surface area contributed by atoms with Crippen LogP contribution in [-0.4, -0.2) is 4.98 Å². The number of aromatic amines is 1. The number of hydrogen-bond donors (Lipinski definition) is 1. The molecule has 0 aliphatic carbocycles. The average molecular weight is 309 g/mol. The Bertz CT molecular complexity index is 950. The zero-order valence-corrected chi connectivity index (χ0v) is 12.6. The fourth-order valence-corrected chi connectivity index (χ4v) is 4.35. The Morgan fingerprint density at radius 3 is 2.57 bits per heavy atom. The van der Waals surface area contributed by atoms with Gasteiger partial charge in [-0.3, -0.25) is 4.79 Å². The van der Waals surface area contributed by atoms with Crippen LogP contribution in [0.5, 0.6) is 0 Å². The fraction of sp³-hybridized carbons (Fsp3) is 0. The van der Waals surface area contributed by atoms with Crippen molar-refractivity contribution >= 4 is 32.9 Å². The summed E-state index contributed by atoms with van der Waals surface area (Å²) in [4.78, 5) is 16.5. The van der Waals surface area contributed by atoms with Crippen LogP contribution in [0.1, 0.15) is 0 Å². The van der Waals surface area contributed by atoms with E-state index >= 15 is 0 Å². The smallest absolute Gasteiger partial charge is 0.199 e. The van der Waals surface area contributed by atoms with Crippen LogP contribution < -0.4 is 5.43 Å². The molecule has 0 fully saturated rings. The maximum absolute atomic E-state index is 12.1. The van der Waals surface area contributed by atoms with Gasteiger partial charge in [-0.05, 0) is 28.0 Å². The first-order valence-electron chi connectivity index (χ1n) is 6.57. The molecule has 0 amide bonds. The van der Waals surface area contributed by atoms with E-state index in [0.29, 0.717) is 0 Å². The minimum atomic E-state index is 0.0763. The molecule has 4 aromatic rings. The standard InChI is InChI=1S/C17H11NOS2/c19-13-6-8-18-15-14(12-7-9-20-10-12)16(21-17(13)15)11-4-2-1-3-5-11/h1-10H,(H,18,19). The van der Waals surface area contributed by atoms with Gasteiger partial charge in [0.2, 0.25) is 0 Å². The lowest BCUT2D eigenvalue weighted by Gasteiger charge is -2.02. The van der Waals surface area contributed by atoms with Gasteiger partial charge in [0.05, 0.1) is 10.2 Å². The first-order valence-corrected chi connectivity index (χ1v) is 8.33. The van der Waals surface area contributed by atoms with E-state index in [0.717, 1.165) is 31.8 Å². The summed E-state index contributed by atoms with van der Waals surface area (Å²) >= 11 is 3.23. The van der Waals surface area contributed by atoms with E-state index in [4.69, 9.17) is 0 Å². The third-order valence-electron chi connectivity index (χ3n) is 3.44. The number of thiophene rings is 2. The molecule has 102 valence electrons. The van der Waals surface area contributed by atoms with Crippen molar-refractivity contribution in [1.82, 2.24) is 4.98 Å². The molecule has 21 heavy (non-hydrogen) atoms. The predicted molar refractivity (Wildman–Crippen MR) is 91.2 cm³/mol. The van der Waals surface area contributed by atoms with E-state index in [1.54, 1.807) is 34.9 Å². The van der Waals surface area contributed by atoms with E-state index in [-0.39, 0.29) is 5.43 Å². The number of nitrogens with one attached hydrogen (secondary N) is 1. The summed E-state index contributed by atoms with van der Waals surface area (Å²) in [5, 5.41) is 4.19. The Morgan fingerprint density at radius 1 is 0.952 bits per heavy atom. The van der Waals surface area contributed by atoms with Gasteiger partial charge in [-0.25, -0.2) is 0 Å². The lowest BCUT2D eigenvalue weighted by Crippen LogP contribution is -1.96. The van der Waals surface area contributed by atoms with E-state index in [9.17, 15) is 4.79 Å². The Morgan fingerprint density at radius 2 is 1.81 bits per heavy atom. The van der Waals surface area contributed by atoms with Crippen molar-refractivity contribution in [3.8, 4) is 21.6 Å². The van der Waals surface area contributed by atoms with Crippen molar-refractivity contribution < 1.29 is 0 Å². The van der Waals surface area contributed by atoms with Crippen LogP contribution in [0.15, 0.2) is 64.2 Å². The summed E-state index contributed by atoms with van der Waals surface area (Å²) in [7, 11) is 0. The highest BCUT2D eigenvalue weighted by Gasteiger charge is 2.17. The molecule has 3 aromatic heterocycles. The van der Waals surface area contributed by atoms with Gasteiger partial charge in [0.1, 0.15) is 0 Å². The second-order valence-corrected chi connectivity index (χ2v) is 6.53. The van der Waals surface area contributed by atoms with E-state index in [1.807, 2.05) is 18.2 Å². The maximum Gasteiger partial charge on any atom is 0.199 e. The minimum absolute atomic E-state index is 0.0763. The van der Waals surface area contributed by atoms with E-state index < -0.39 is 0 Å². The number of H-pyrrole nitrogens is 1. The van der Waals surface area contributed by atoms with Gasteiger partial charge >= 0.3 is 0 Å². The van der Waals surface area contributed by atoms with Gasteiger partial charge < -0.3 is 4.98 Å². The van der Waals surface area contributed by atoms with E-state index in [2.05, 4.69) is 33.9 Å². The van der Waals surface area contributed by atoms with Gasteiger partial charge in [-0.1, -0.05) is 30.3 Å². The summed E-state index contributed by atoms with van der Waals surface area (Å²) in [6.45, 7) is 0. The highest BCUT2D eigenvalue weighted by Crippen LogP contribution is 2.43. The van der Waals surface area contributed by atoms with Crippen molar-refractivity contribution in [3.63, 3.8) is 0 Å². The molecule has 0 saturated heterocycles. The zero-order valence-electron chi connectivity index (χ0n) is 11.0. The van der Waals surface area contributed by atoms with Gasteiger partial charge in [-0.2, -0.15) is 11.3 Å². The normalized spacial score (nSPS) is 11.0. The Hall–Kier alpha value is -2.17. The molecule has 4 heteroatoms. The highest BCUT2D eigenvalue weighted by atomic mass is 32.1. The Kier molecular flexibility index (Phi) is 2.98. The monoisotopic (exact) mass is 309 g/mol. The molecule has 0 bridgehead atoms. The zero-order chi connectivity index (χ0) is 14.2. The highest BCUT2D eigenvalue weighted by molar-refractivity contribution is 7.23. The largest absolute Gasteiger partial charge is 0.360 e. The van der Waals surface area contributed by atoms with Crippen LogP contribution >= 0.6 is 22.7 Å². The maximum atomic E-state index is 12.1. The average Bonchev–Trinajstić information content (AvgIpc) is 3.15. The van der Waals surface area contributed by atoms with Gasteiger partial charge in [0.25, 0.3) is 0 Å². The van der Waals surface area contributed by atoms with Crippen LogP contribution in [0.4, 0.5) is 0 Å². The molecular weight excluding hydrogens is 298 g/mol. The van der Waals surface area contributed by atoms with Gasteiger partial charge in [0, 0.05) is 22.7 Å². The molecule has 0 radical (unpaired) electrons. The van der Waals surface area contributed by atoms with Crippen LogP contribution in [0.25, 0.3) is 31.8 Å². The molecule has 1 aromatic carbocycles. The second-order valence-electron chi connectivity index (χ2n) is 4.73. The molecule has 0 atom stereocenters. The first kappa shape index (κ1) is 12.6. The lowest BCUT2D eigenvalue weighted by molar-refractivity contribution is 1.41. The fourth-order valence-electron chi connectivity index (χ4n) is 2.49. The Labute approximate surface area is 129 Å². The molecule has 2 nitrogen and oxygen atoms in total. The topological polar surface area (TPSA) is 32.9 Å². The van der Waals surface area contributed by atoms with Crippen LogP contribution in [-0.2, 0) is 0 Å². The van der Waals surface area contributed by atoms with Crippen LogP contribution in [0.2, 0.25) is 0 Å². The second kappa shape index (κ2) is 4.98. The Balaban J connectivity index is 2.13. The molecule has 0 aliphatic rings. The summed E-state index contributed by atoms with van der Waals surface area (Å²) in [6.07, 6.45) is 1.72. The van der Waals surface area contributed by atoms with Crippen molar-refractivity contribution in [1.29, 1.82) is 0 Å². The number of rotatable bonds is 2. The first-order chi connectivity index (χ1) is 10.3. The summed E-state index contributed by atoms with van der Waals surface area (Å²) in [6, 6.07) is 13.9. The number of hydrogen-bond acceptors (Lipinski definition) is 3. The molecule has 4 rings (SSSR count). The molecule has 0 spiro atoms. The predicted octanol–water partition coefficient (Wildman–Crippen LogP) is 4.99. The van der Waals surface area contributed by atoms with Crippen molar-refractivity contribution in [2.45, 2.75) is 0 Å². The van der Waals surface area contributed by atoms with Gasteiger partial charge in [-0.15, -0.1) is 11.3 Å².